The fraction of sp³-hybridized carbons (Fsp3) is 0.478. The summed E-state index contributed by atoms with van der Waals surface area (Å²) in [6.45, 7) is 2.46. The van der Waals surface area contributed by atoms with Gasteiger partial charge < -0.3 is 19.5 Å². The number of rotatable bonds is 8. The van der Waals surface area contributed by atoms with Crippen LogP contribution in [-0.4, -0.2) is 38.7 Å². The van der Waals surface area contributed by atoms with Crippen LogP contribution in [0.25, 0.3) is 0 Å². The lowest BCUT2D eigenvalue weighted by atomic mass is 10.0. The Balaban J connectivity index is 1.18. The average molecular weight is 400 g/mol. The highest BCUT2D eigenvalue weighted by Crippen LogP contribution is 2.37. The van der Waals surface area contributed by atoms with Gasteiger partial charge in [0, 0.05) is 11.6 Å². The van der Waals surface area contributed by atoms with E-state index in [4.69, 9.17) is 14.2 Å². The molecule has 150 valence electrons. The van der Waals surface area contributed by atoms with Crippen LogP contribution in [0.3, 0.4) is 0 Å². The van der Waals surface area contributed by atoms with Crippen molar-refractivity contribution in [2.24, 2.45) is 0 Å². The first-order valence-corrected chi connectivity index (χ1v) is 11.2. The van der Waals surface area contributed by atoms with Gasteiger partial charge in [0.15, 0.2) is 0 Å². The van der Waals surface area contributed by atoms with E-state index in [1.54, 1.807) is 7.11 Å². The Morgan fingerprint density at radius 2 is 2.04 bits per heavy atom. The number of thioether (sulfide) groups is 1. The van der Waals surface area contributed by atoms with Crippen molar-refractivity contribution in [1.82, 2.24) is 5.32 Å². The maximum Gasteiger partial charge on any atom is 0.133 e. The number of unbranched alkanes of at least 4 members (excludes halogenated alkanes) is 1. The van der Waals surface area contributed by atoms with Gasteiger partial charge >= 0.3 is 0 Å². The Kier molecular flexibility index (Phi) is 6.65. The van der Waals surface area contributed by atoms with Gasteiger partial charge in [-0.25, -0.2) is 0 Å². The summed E-state index contributed by atoms with van der Waals surface area (Å²) in [5, 5.41) is 3.62. The first-order valence-electron chi connectivity index (χ1n) is 10.2. The van der Waals surface area contributed by atoms with E-state index in [0.29, 0.717) is 12.6 Å². The molecule has 0 radical (unpaired) electrons. The van der Waals surface area contributed by atoms with E-state index < -0.39 is 0 Å². The molecule has 1 unspecified atom stereocenters. The van der Waals surface area contributed by atoms with Gasteiger partial charge in [0.25, 0.3) is 0 Å². The lowest BCUT2D eigenvalue weighted by molar-refractivity contribution is 0.232. The molecule has 4 rings (SSSR count). The number of aryl methyl sites for hydroxylation is 1. The number of methoxy groups -OCH3 is 1. The van der Waals surface area contributed by atoms with Crippen LogP contribution in [0, 0.1) is 0 Å². The predicted octanol–water partition coefficient (Wildman–Crippen LogP) is 4.49. The highest BCUT2D eigenvalue weighted by molar-refractivity contribution is 7.99. The van der Waals surface area contributed by atoms with Crippen LogP contribution in [0.2, 0.25) is 0 Å². The molecule has 2 aliphatic heterocycles. The molecule has 0 saturated heterocycles. The van der Waals surface area contributed by atoms with Crippen molar-refractivity contribution < 1.29 is 14.2 Å². The average Bonchev–Trinajstić information content (AvgIpc) is 2.75. The molecule has 2 aliphatic rings. The Morgan fingerprint density at radius 1 is 1.14 bits per heavy atom. The molecular formula is C23H29NO3S. The molecule has 2 aromatic carbocycles. The summed E-state index contributed by atoms with van der Waals surface area (Å²) >= 11 is 1.94. The Labute approximate surface area is 172 Å². The minimum Gasteiger partial charge on any atom is -0.496 e. The summed E-state index contributed by atoms with van der Waals surface area (Å²) in [7, 11) is 1.72. The summed E-state index contributed by atoms with van der Waals surface area (Å²) in [5.41, 5.74) is 2.62. The smallest absolute Gasteiger partial charge is 0.133 e. The van der Waals surface area contributed by atoms with Crippen molar-refractivity contribution in [3.8, 4) is 17.2 Å². The van der Waals surface area contributed by atoms with Crippen LogP contribution in [-0.2, 0) is 12.8 Å². The molecule has 1 N–H and O–H groups in total. The summed E-state index contributed by atoms with van der Waals surface area (Å²) < 4.78 is 17.5. The zero-order valence-corrected chi connectivity index (χ0v) is 17.4. The molecule has 0 aromatic heterocycles. The molecule has 1 atom stereocenters. The maximum atomic E-state index is 6.08. The van der Waals surface area contributed by atoms with Gasteiger partial charge in [-0.3, -0.25) is 0 Å². The van der Waals surface area contributed by atoms with Crippen LogP contribution in [0.1, 0.15) is 30.4 Å². The highest BCUT2D eigenvalue weighted by Gasteiger charge is 2.22. The van der Waals surface area contributed by atoms with Gasteiger partial charge in [0.05, 0.1) is 18.6 Å². The van der Waals surface area contributed by atoms with Crippen molar-refractivity contribution in [3.05, 3.63) is 47.5 Å². The van der Waals surface area contributed by atoms with Crippen LogP contribution < -0.4 is 19.5 Å². The van der Waals surface area contributed by atoms with Crippen LogP contribution >= 0.6 is 11.8 Å². The SMILES string of the molecule is COc1cccc2c1CC(NCCCCOc1cccc3c1SCCC3)CO2. The summed E-state index contributed by atoms with van der Waals surface area (Å²) in [6.07, 6.45) is 5.55. The normalized spacial score (nSPS) is 18.0. The minimum absolute atomic E-state index is 0.335. The van der Waals surface area contributed by atoms with Crippen molar-refractivity contribution >= 4 is 11.8 Å². The standard InChI is InChI=1S/C23H29NO3S/c1-25-20-9-5-10-21-19(20)15-18(16-27-21)24-12-2-3-13-26-22-11-4-7-17-8-6-14-28-23(17)22/h4-5,7,9-11,18,24H,2-3,6,8,12-16H2,1H3. The molecule has 0 spiro atoms. The third-order valence-electron chi connectivity index (χ3n) is 5.36. The second-order valence-corrected chi connectivity index (χ2v) is 8.46. The monoisotopic (exact) mass is 399 g/mol. The molecule has 0 saturated carbocycles. The Morgan fingerprint density at radius 3 is 2.96 bits per heavy atom. The Bertz CT molecular complexity index is 781. The number of benzene rings is 2. The highest BCUT2D eigenvalue weighted by atomic mass is 32.2. The minimum atomic E-state index is 0.335. The second kappa shape index (κ2) is 9.57. The number of hydrogen-bond donors (Lipinski definition) is 1. The molecule has 0 aliphatic carbocycles. The van der Waals surface area contributed by atoms with Crippen molar-refractivity contribution in [2.75, 3.05) is 32.6 Å². The molecule has 5 heteroatoms. The van der Waals surface area contributed by atoms with Crippen molar-refractivity contribution in [1.29, 1.82) is 0 Å². The van der Waals surface area contributed by atoms with Crippen LogP contribution in [0.4, 0.5) is 0 Å². The summed E-state index contributed by atoms with van der Waals surface area (Å²) in [6, 6.07) is 12.8. The summed E-state index contributed by atoms with van der Waals surface area (Å²) in [5.74, 6) is 4.14. The van der Waals surface area contributed by atoms with Gasteiger partial charge in [-0.2, -0.15) is 0 Å². The van der Waals surface area contributed by atoms with E-state index in [0.717, 1.165) is 49.7 Å². The maximum absolute atomic E-state index is 6.08. The molecule has 4 nitrogen and oxygen atoms in total. The molecule has 0 amide bonds. The number of hydrogen-bond acceptors (Lipinski definition) is 5. The van der Waals surface area contributed by atoms with Crippen molar-refractivity contribution in [3.63, 3.8) is 0 Å². The topological polar surface area (TPSA) is 39.7 Å². The largest absolute Gasteiger partial charge is 0.496 e. The number of nitrogens with one attached hydrogen (secondary N) is 1. The molecule has 28 heavy (non-hydrogen) atoms. The molecule has 2 aromatic rings. The van der Waals surface area contributed by atoms with E-state index in [2.05, 4.69) is 23.5 Å². The first kappa shape index (κ1) is 19.5. The lowest BCUT2D eigenvalue weighted by Gasteiger charge is -2.27. The number of ether oxygens (including phenoxy) is 3. The zero-order valence-electron chi connectivity index (χ0n) is 16.5. The van der Waals surface area contributed by atoms with Crippen molar-refractivity contribution in [2.45, 2.75) is 43.0 Å². The van der Waals surface area contributed by atoms with Gasteiger partial charge in [-0.15, -0.1) is 11.8 Å². The molecule has 0 fully saturated rings. The predicted molar refractivity (Wildman–Crippen MR) is 114 cm³/mol. The fourth-order valence-electron chi connectivity index (χ4n) is 3.89. The second-order valence-electron chi connectivity index (χ2n) is 7.36. The van der Waals surface area contributed by atoms with E-state index >= 15 is 0 Å². The molecule has 0 bridgehead atoms. The van der Waals surface area contributed by atoms with Crippen LogP contribution in [0.5, 0.6) is 17.2 Å². The third kappa shape index (κ3) is 4.58. The van der Waals surface area contributed by atoms with E-state index in [-0.39, 0.29) is 0 Å². The third-order valence-corrected chi connectivity index (χ3v) is 6.60. The number of fused-ring (bicyclic) bond motifs is 2. The lowest BCUT2D eigenvalue weighted by Crippen LogP contribution is -2.39. The van der Waals surface area contributed by atoms with Gasteiger partial charge in [0.1, 0.15) is 23.9 Å². The van der Waals surface area contributed by atoms with Crippen LogP contribution in [0.15, 0.2) is 41.3 Å². The van der Waals surface area contributed by atoms with Gasteiger partial charge in [-0.05, 0) is 68.2 Å². The zero-order chi connectivity index (χ0) is 19.2. The molecular weight excluding hydrogens is 370 g/mol. The van der Waals surface area contributed by atoms with E-state index in [9.17, 15) is 0 Å². The Hall–Kier alpha value is -1.85. The molecule has 2 heterocycles. The fourth-order valence-corrected chi connectivity index (χ4v) is 5.01. The van der Waals surface area contributed by atoms with Gasteiger partial charge in [0.2, 0.25) is 0 Å². The quantitative estimate of drug-likeness (QED) is 0.663. The van der Waals surface area contributed by atoms with E-state index in [1.807, 2.05) is 30.0 Å². The summed E-state index contributed by atoms with van der Waals surface area (Å²) in [4.78, 5) is 1.36. The van der Waals surface area contributed by atoms with E-state index in [1.165, 1.54) is 34.6 Å². The first-order chi connectivity index (χ1) is 13.8. The van der Waals surface area contributed by atoms with Gasteiger partial charge in [-0.1, -0.05) is 18.2 Å².